The van der Waals surface area contributed by atoms with Gasteiger partial charge in [-0.1, -0.05) is 26.0 Å². The summed E-state index contributed by atoms with van der Waals surface area (Å²) in [4.78, 5) is 11.1. The zero-order valence-electron chi connectivity index (χ0n) is 7.39. The Morgan fingerprint density at radius 2 is 2.25 bits per heavy atom. The second kappa shape index (κ2) is 6.22. The Morgan fingerprint density at radius 1 is 1.67 bits per heavy atom. The second-order valence-corrected chi connectivity index (χ2v) is 3.61. The molecule has 2 nitrogen and oxygen atoms in total. The van der Waals surface area contributed by atoms with E-state index in [9.17, 15) is 4.79 Å². The molecule has 0 aliphatic heterocycles. The highest BCUT2D eigenvalue weighted by atomic mass is 127. The summed E-state index contributed by atoms with van der Waals surface area (Å²) < 4.78 is 5.33. The molecule has 0 aliphatic rings. The van der Waals surface area contributed by atoms with E-state index in [-0.39, 0.29) is 5.97 Å². The number of ether oxygens (including phenoxy) is 1. The average Bonchev–Trinajstić information content (AvgIpc) is 2.04. The van der Waals surface area contributed by atoms with Crippen LogP contribution in [0.4, 0.5) is 0 Å². The van der Waals surface area contributed by atoms with Gasteiger partial charge in [0.25, 0.3) is 0 Å². The van der Waals surface area contributed by atoms with Crippen molar-refractivity contribution in [2.75, 3.05) is 7.11 Å². The van der Waals surface area contributed by atoms with Crippen molar-refractivity contribution in [2.45, 2.75) is 19.8 Å². The van der Waals surface area contributed by atoms with Crippen molar-refractivity contribution in [1.29, 1.82) is 0 Å². The Balaban J connectivity index is 4.43. The molecule has 0 aromatic heterocycles. The molecule has 0 heterocycles. The summed E-state index contributed by atoms with van der Waals surface area (Å²) in [5, 5.41) is 0. The van der Waals surface area contributed by atoms with Crippen molar-refractivity contribution in [3.05, 3.63) is 21.8 Å². The summed E-state index contributed by atoms with van der Waals surface area (Å²) in [6.45, 7) is 5.75. The van der Waals surface area contributed by atoms with Gasteiger partial charge in [-0.25, -0.2) is 4.79 Å². The minimum Gasteiger partial charge on any atom is -0.465 e. The number of carbonyl (C=O) groups excluding carboxylic acids is 1. The third-order valence-corrected chi connectivity index (χ3v) is 1.92. The highest BCUT2D eigenvalue weighted by Gasteiger charge is 2.09. The molecular formula is C9H13IO2. The number of unbranched alkanes of at least 4 members (excludes halogenated alkanes) is 1. The maximum Gasteiger partial charge on any atom is 0.338 e. The second-order valence-electron chi connectivity index (χ2n) is 2.30. The molecule has 0 saturated heterocycles. The SMILES string of the molecule is C=C(I)/C(=C\CCC)C(=O)OC. The predicted octanol–water partition coefficient (Wildman–Crippen LogP) is 2.83. The van der Waals surface area contributed by atoms with Gasteiger partial charge in [-0.2, -0.15) is 0 Å². The smallest absolute Gasteiger partial charge is 0.338 e. The number of esters is 1. The van der Waals surface area contributed by atoms with Crippen LogP contribution in [-0.2, 0) is 9.53 Å². The van der Waals surface area contributed by atoms with Crippen molar-refractivity contribution < 1.29 is 9.53 Å². The molecule has 0 rings (SSSR count). The molecule has 68 valence electrons. The number of rotatable bonds is 4. The lowest BCUT2D eigenvalue weighted by Gasteiger charge is -2.02. The Hall–Kier alpha value is -0.320. The molecule has 12 heavy (non-hydrogen) atoms. The van der Waals surface area contributed by atoms with E-state index in [0.29, 0.717) is 5.57 Å². The molecule has 0 unspecified atom stereocenters. The number of carbonyl (C=O) groups is 1. The van der Waals surface area contributed by atoms with Crippen LogP contribution in [0.25, 0.3) is 0 Å². The summed E-state index contributed by atoms with van der Waals surface area (Å²) in [7, 11) is 1.38. The monoisotopic (exact) mass is 280 g/mol. The molecule has 0 amide bonds. The summed E-state index contributed by atoms with van der Waals surface area (Å²) in [6.07, 6.45) is 3.76. The lowest BCUT2D eigenvalue weighted by atomic mass is 10.2. The van der Waals surface area contributed by atoms with Crippen LogP contribution in [0.15, 0.2) is 21.8 Å². The van der Waals surface area contributed by atoms with Crippen LogP contribution in [0, 0.1) is 0 Å². The molecule has 0 aromatic carbocycles. The lowest BCUT2D eigenvalue weighted by Crippen LogP contribution is -2.04. The third kappa shape index (κ3) is 3.90. The fourth-order valence-corrected chi connectivity index (χ4v) is 1.14. The topological polar surface area (TPSA) is 26.3 Å². The number of halogens is 1. The minimum atomic E-state index is -0.303. The minimum absolute atomic E-state index is 0.303. The fraction of sp³-hybridized carbons (Fsp3) is 0.444. The van der Waals surface area contributed by atoms with Gasteiger partial charge in [-0.15, -0.1) is 0 Å². The first-order valence-electron chi connectivity index (χ1n) is 3.76. The average molecular weight is 280 g/mol. The van der Waals surface area contributed by atoms with Crippen LogP contribution in [0.3, 0.4) is 0 Å². The van der Waals surface area contributed by atoms with Crippen molar-refractivity contribution in [2.24, 2.45) is 0 Å². The van der Waals surface area contributed by atoms with Gasteiger partial charge in [0.2, 0.25) is 0 Å². The Morgan fingerprint density at radius 3 is 2.58 bits per heavy atom. The number of allylic oxidation sites excluding steroid dienone is 1. The molecule has 0 aliphatic carbocycles. The fourth-order valence-electron chi connectivity index (χ4n) is 0.703. The van der Waals surface area contributed by atoms with Crippen molar-refractivity contribution in [3.8, 4) is 0 Å². The number of hydrogen-bond acceptors (Lipinski definition) is 2. The van der Waals surface area contributed by atoms with E-state index in [1.165, 1.54) is 7.11 Å². The Kier molecular flexibility index (Phi) is 6.06. The number of hydrogen-bond donors (Lipinski definition) is 0. The van der Waals surface area contributed by atoms with Crippen LogP contribution in [-0.4, -0.2) is 13.1 Å². The number of methoxy groups -OCH3 is 1. The zero-order chi connectivity index (χ0) is 9.56. The summed E-state index contributed by atoms with van der Waals surface area (Å²) in [6, 6.07) is 0. The van der Waals surface area contributed by atoms with E-state index in [1.807, 2.05) is 28.7 Å². The van der Waals surface area contributed by atoms with Crippen molar-refractivity contribution in [1.82, 2.24) is 0 Å². The van der Waals surface area contributed by atoms with Crippen molar-refractivity contribution in [3.63, 3.8) is 0 Å². The molecule has 0 N–H and O–H groups in total. The summed E-state index contributed by atoms with van der Waals surface area (Å²) in [5.41, 5.74) is 0.583. The lowest BCUT2D eigenvalue weighted by molar-refractivity contribution is -0.135. The molecule has 0 atom stereocenters. The zero-order valence-corrected chi connectivity index (χ0v) is 9.55. The van der Waals surface area contributed by atoms with Crippen LogP contribution in [0.1, 0.15) is 19.8 Å². The maximum atomic E-state index is 11.1. The van der Waals surface area contributed by atoms with Crippen LogP contribution in [0.2, 0.25) is 0 Å². The van der Waals surface area contributed by atoms with Crippen molar-refractivity contribution >= 4 is 28.6 Å². The molecule has 3 heteroatoms. The Labute approximate surface area is 86.8 Å². The standard InChI is InChI=1S/C9H13IO2/c1-4-5-6-8(7(2)10)9(11)12-3/h6H,2,4-5H2,1,3H3/b8-6+. The first-order valence-corrected chi connectivity index (χ1v) is 4.84. The molecule has 0 radical (unpaired) electrons. The molecule has 0 fully saturated rings. The van der Waals surface area contributed by atoms with E-state index in [1.54, 1.807) is 0 Å². The van der Waals surface area contributed by atoms with Gasteiger partial charge >= 0.3 is 5.97 Å². The van der Waals surface area contributed by atoms with E-state index < -0.39 is 0 Å². The van der Waals surface area contributed by atoms with E-state index >= 15 is 0 Å². The van der Waals surface area contributed by atoms with Gasteiger partial charge in [0.05, 0.1) is 12.7 Å². The molecule has 0 spiro atoms. The third-order valence-electron chi connectivity index (χ3n) is 1.33. The summed E-state index contributed by atoms with van der Waals surface area (Å²) in [5.74, 6) is -0.303. The first-order chi connectivity index (χ1) is 5.63. The van der Waals surface area contributed by atoms with E-state index in [4.69, 9.17) is 0 Å². The molecule has 0 saturated carbocycles. The van der Waals surface area contributed by atoms with Gasteiger partial charge in [0.1, 0.15) is 0 Å². The normalized spacial score (nSPS) is 11.1. The predicted molar refractivity (Wildman–Crippen MR) is 58.2 cm³/mol. The molecule has 0 aromatic rings. The summed E-state index contributed by atoms with van der Waals surface area (Å²) >= 11 is 2.02. The van der Waals surface area contributed by atoms with Gasteiger partial charge in [-0.3, -0.25) is 0 Å². The molecule has 0 bridgehead atoms. The molecular weight excluding hydrogens is 267 g/mol. The van der Waals surface area contributed by atoms with Gasteiger partial charge in [0, 0.05) is 3.58 Å². The quantitative estimate of drug-likeness (QED) is 0.342. The van der Waals surface area contributed by atoms with Crippen LogP contribution >= 0.6 is 22.6 Å². The van der Waals surface area contributed by atoms with E-state index in [0.717, 1.165) is 16.4 Å². The maximum absolute atomic E-state index is 11.1. The van der Waals surface area contributed by atoms with Gasteiger partial charge in [0.15, 0.2) is 0 Å². The van der Waals surface area contributed by atoms with E-state index in [2.05, 4.69) is 18.2 Å². The highest BCUT2D eigenvalue weighted by molar-refractivity contribution is 14.1. The Bertz CT molecular complexity index is 207. The van der Waals surface area contributed by atoms with Crippen LogP contribution in [0.5, 0.6) is 0 Å². The van der Waals surface area contributed by atoms with Crippen LogP contribution < -0.4 is 0 Å². The van der Waals surface area contributed by atoms with Gasteiger partial charge < -0.3 is 4.74 Å². The largest absolute Gasteiger partial charge is 0.465 e. The van der Waals surface area contributed by atoms with Gasteiger partial charge in [-0.05, 0) is 29.0 Å². The highest BCUT2D eigenvalue weighted by Crippen LogP contribution is 2.17. The first kappa shape index (κ1) is 11.7.